The number of carbonyl (C=O) groups is 1. The third-order valence-electron chi connectivity index (χ3n) is 4.10. The monoisotopic (exact) mass is 374 g/mol. The lowest BCUT2D eigenvalue weighted by molar-refractivity contribution is -0.118. The van der Waals surface area contributed by atoms with Gasteiger partial charge in [-0.2, -0.15) is 0 Å². The van der Waals surface area contributed by atoms with Crippen LogP contribution in [0.15, 0.2) is 77.2 Å². The summed E-state index contributed by atoms with van der Waals surface area (Å²) < 4.78 is 16.5. The molecule has 1 amide bonds. The van der Waals surface area contributed by atoms with Crippen LogP contribution in [0.4, 0.5) is 5.69 Å². The van der Waals surface area contributed by atoms with E-state index in [9.17, 15) is 4.79 Å². The van der Waals surface area contributed by atoms with Gasteiger partial charge in [0.05, 0.1) is 7.11 Å². The van der Waals surface area contributed by atoms with E-state index in [1.165, 1.54) is 0 Å². The van der Waals surface area contributed by atoms with Gasteiger partial charge in [0.2, 0.25) is 5.89 Å². The van der Waals surface area contributed by atoms with Crippen molar-refractivity contribution in [3.63, 3.8) is 0 Å². The minimum atomic E-state index is -0.247. The topological polar surface area (TPSA) is 73.6 Å². The quantitative estimate of drug-likeness (QED) is 0.537. The first kappa shape index (κ1) is 17.6. The molecule has 0 unspecified atom stereocenters. The van der Waals surface area contributed by atoms with Gasteiger partial charge in [0, 0.05) is 17.3 Å². The highest BCUT2D eigenvalue weighted by atomic mass is 16.5. The maximum Gasteiger partial charge on any atom is 0.262 e. The highest BCUT2D eigenvalue weighted by Gasteiger charge is 2.11. The number of rotatable bonds is 6. The second-order valence-electron chi connectivity index (χ2n) is 6.08. The Balaban J connectivity index is 1.47. The van der Waals surface area contributed by atoms with Crippen LogP contribution < -0.4 is 14.8 Å². The molecule has 0 saturated heterocycles. The summed E-state index contributed by atoms with van der Waals surface area (Å²) in [6.45, 7) is -0.0725. The van der Waals surface area contributed by atoms with Gasteiger partial charge < -0.3 is 19.2 Å². The zero-order chi connectivity index (χ0) is 19.3. The lowest BCUT2D eigenvalue weighted by Gasteiger charge is -2.08. The molecule has 0 fully saturated rings. The van der Waals surface area contributed by atoms with E-state index in [1.807, 2.05) is 54.6 Å². The molecule has 3 aromatic carbocycles. The number of hydrogen-bond donors (Lipinski definition) is 1. The number of para-hydroxylation sites is 1. The normalized spacial score (nSPS) is 10.6. The standard InChI is InChI=1S/C22H18N2O4/c1-26-18-10-11-20-19(13-18)24-22(28-20)15-6-5-7-16(12-15)23-21(25)14-27-17-8-3-2-4-9-17/h2-13H,14H2,1H3,(H,23,25). The van der Waals surface area contributed by atoms with Gasteiger partial charge in [0.1, 0.15) is 17.0 Å². The predicted molar refractivity (Wildman–Crippen MR) is 107 cm³/mol. The third kappa shape index (κ3) is 3.96. The van der Waals surface area contributed by atoms with E-state index >= 15 is 0 Å². The largest absolute Gasteiger partial charge is 0.497 e. The molecule has 0 bridgehead atoms. The van der Waals surface area contributed by atoms with Crippen LogP contribution in [-0.2, 0) is 4.79 Å². The number of fused-ring (bicyclic) bond motifs is 1. The zero-order valence-electron chi connectivity index (χ0n) is 15.2. The molecule has 1 N–H and O–H groups in total. The van der Waals surface area contributed by atoms with E-state index in [-0.39, 0.29) is 12.5 Å². The van der Waals surface area contributed by atoms with Crippen LogP contribution in [0.2, 0.25) is 0 Å². The van der Waals surface area contributed by atoms with Crippen LogP contribution in [0.1, 0.15) is 0 Å². The molecule has 28 heavy (non-hydrogen) atoms. The highest BCUT2D eigenvalue weighted by Crippen LogP contribution is 2.28. The molecule has 0 aliphatic carbocycles. The summed E-state index contributed by atoms with van der Waals surface area (Å²) in [5, 5.41) is 2.82. The van der Waals surface area contributed by atoms with Crippen molar-refractivity contribution in [3.8, 4) is 23.0 Å². The Bertz CT molecular complexity index is 1110. The number of carbonyl (C=O) groups excluding carboxylic acids is 1. The van der Waals surface area contributed by atoms with Crippen molar-refractivity contribution >= 4 is 22.7 Å². The van der Waals surface area contributed by atoms with E-state index in [4.69, 9.17) is 13.9 Å². The van der Waals surface area contributed by atoms with Crippen molar-refractivity contribution < 1.29 is 18.7 Å². The van der Waals surface area contributed by atoms with Crippen LogP contribution in [0, 0.1) is 0 Å². The van der Waals surface area contributed by atoms with Crippen molar-refractivity contribution in [1.29, 1.82) is 0 Å². The third-order valence-corrected chi connectivity index (χ3v) is 4.10. The summed E-state index contributed by atoms with van der Waals surface area (Å²) in [6, 6.07) is 22.0. The average Bonchev–Trinajstić information content (AvgIpc) is 3.16. The van der Waals surface area contributed by atoms with Crippen molar-refractivity contribution in [1.82, 2.24) is 4.98 Å². The van der Waals surface area contributed by atoms with Crippen LogP contribution in [0.5, 0.6) is 11.5 Å². The number of anilines is 1. The Kier molecular flexibility index (Phi) is 4.93. The van der Waals surface area contributed by atoms with Gasteiger partial charge in [-0.25, -0.2) is 4.98 Å². The van der Waals surface area contributed by atoms with E-state index in [1.54, 1.807) is 25.3 Å². The van der Waals surface area contributed by atoms with Crippen molar-refractivity contribution in [2.45, 2.75) is 0 Å². The van der Waals surface area contributed by atoms with Gasteiger partial charge in [-0.1, -0.05) is 24.3 Å². The predicted octanol–water partition coefficient (Wildman–Crippen LogP) is 4.52. The number of nitrogens with one attached hydrogen (secondary N) is 1. The van der Waals surface area contributed by atoms with Crippen LogP contribution in [-0.4, -0.2) is 24.6 Å². The first-order chi connectivity index (χ1) is 13.7. The molecule has 0 spiro atoms. The van der Waals surface area contributed by atoms with Crippen molar-refractivity contribution in [2.24, 2.45) is 0 Å². The Morgan fingerprint density at radius 2 is 1.86 bits per heavy atom. The lowest BCUT2D eigenvalue weighted by Crippen LogP contribution is -2.20. The Labute approximate surface area is 161 Å². The molecule has 6 heteroatoms. The van der Waals surface area contributed by atoms with Gasteiger partial charge in [-0.3, -0.25) is 4.79 Å². The number of aromatic nitrogens is 1. The van der Waals surface area contributed by atoms with Crippen molar-refractivity contribution in [3.05, 3.63) is 72.8 Å². The van der Waals surface area contributed by atoms with Gasteiger partial charge in [-0.15, -0.1) is 0 Å². The number of amides is 1. The Morgan fingerprint density at radius 3 is 2.68 bits per heavy atom. The number of nitrogens with zero attached hydrogens (tertiary/aromatic N) is 1. The van der Waals surface area contributed by atoms with Crippen LogP contribution >= 0.6 is 0 Å². The Hall–Kier alpha value is -3.80. The second-order valence-corrected chi connectivity index (χ2v) is 6.08. The highest BCUT2D eigenvalue weighted by molar-refractivity contribution is 5.92. The summed E-state index contributed by atoms with van der Waals surface area (Å²) in [6.07, 6.45) is 0. The van der Waals surface area contributed by atoms with Crippen LogP contribution in [0.25, 0.3) is 22.6 Å². The van der Waals surface area contributed by atoms with E-state index in [0.29, 0.717) is 34.2 Å². The second kappa shape index (κ2) is 7.84. The minimum absolute atomic E-state index is 0.0725. The maximum absolute atomic E-state index is 12.2. The first-order valence-electron chi connectivity index (χ1n) is 8.74. The molecule has 4 aromatic rings. The maximum atomic E-state index is 12.2. The number of hydrogen-bond acceptors (Lipinski definition) is 5. The lowest BCUT2D eigenvalue weighted by atomic mass is 10.2. The van der Waals surface area contributed by atoms with Gasteiger partial charge in [0.15, 0.2) is 12.2 Å². The molecule has 0 radical (unpaired) electrons. The number of benzene rings is 3. The number of ether oxygens (including phenoxy) is 2. The molecular weight excluding hydrogens is 356 g/mol. The zero-order valence-corrected chi connectivity index (χ0v) is 15.2. The van der Waals surface area contributed by atoms with E-state index in [0.717, 1.165) is 5.56 Å². The average molecular weight is 374 g/mol. The Morgan fingerprint density at radius 1 is 1.00 bits per heavy atom. The molecule has 0 aliphatic rings. The molecule has 1 heterocycles. The van der Waals surface area contributed by atoms with Crippen molar-refractivity contribution in [2.75, 3.05) is 19.0 Å². The molecule has 4 rings (SSSR count). The van der Waals surface area contributed by atoms with E-state index in [2.05, 4.69) is 10.3 Å². The summed E-state index contributed by atoms with van der Waals surface area (Å²) in [4.78, 5) is 16.7. The molecular formula is C22H18N2O4. The molecule has 1 aromatic heterocycles. The van der Waals surface area contributed by atoms with E-state index < -0.39 is 0 Å². The number of methoxy groups -OCH3 is 1. The van der Waals surface area contributed by atoms with Gasteiger partial charge in [-0.05, 0) is 42.5 Å². The van der Waals surface area contributed by atoms with Gasteiger partial charge in [0.25, 0.3) is 5.91 Å². The molecule has 0 atom stereocenters. The summed E-state index contributed by atoms with van der Waals surface area (Å²) in [5.74, 6) is 1.59. The number of oxazole rings is 1. The fourth-order valence-corrected chi connectivity index (χ4v) is 2.75. The summed E-state index contributed by atoms with van der Waals surface area (Å²) in [7, 11) is 1.61. The summed E-state index contributed by atoms with van der Waals surface area (Å²) >= 11 is 0. The summed E-state index contributed by atoms with van der Waals surface area (Å²) in [5.41, 5.74) is 2.78. The molecule has 6 nitrogen and oxygen atoms in total. The molecule has 140 valence electrons. The fourth-order valence-electron chi connectivity index (χ4n) is 2.75. The molecule has 0 saturated carbocycles. The SMILES string of the molecule is COc1ccc2oc(-c3cccc(NC(=O)COc4ccccc4)c3)nc2c1. The fraction of sp³-hybridized carbons (Fsp3) is 0.0909. The molecule has 0 aliphatic heterocycles. The van der Waals surface area contributed by atoms with Crippen LogP contribution in [0.3, 0.4) is 0 Å². The smallest absolute Gasteiger partial charge is 0.262 e. The van der Waals surface area contributed by atoms with Gasteiger partial charge >= 0.3 is 0 Å². The first-order valence-corrected chi connectivity index (χ1v) is 8.74. The minimum Gasteiger partial charge on any atom is -0.497 e.